The fourth-order valence-corrected chi connectivity index (χ4v) is 3.34. The Labute approximate surface area is 169 Å². The standard InChI is InChI=1S/C24H32N2O2/c1-6-22(24(28)25-17(2)3)26(16-20-10-8-7-9-11-20)23(27)15-21-14-18(4)12-13-19(21)5/h7-14,17,22H,6,15-16H2,1-5H3,(H,25,28)/t22-/m0/s1. The molecule has 28 heavy (non-hydrogen) atoms. The highest BCUT2D eigenvalue weighted by atomic mass is 16.2. The molecular weight excluding hydrogens is 348 g/mol. The summed E-state index contributed by atoms with van der Waals surface area (Å²) in [5.41, 5.74) is 4.26. The van der Waals surface area contributed by atoms with E-state index in [1.54, 1.807) is 4.90 Å². The highest BCUT2D eigenvalue weighted by Gasteiger charge is 2.29. The number of rotatable bonds is 8. The van der Waals surface area contributed by atoms with Crippen LogP contribution in [-0.2, 0) is 22.6 Å². The molecule has 0 fully saturated rings. The molecule has 4 nitrogen and oxygen atoms in total. The molecule has 0 aliphatic carbocycles. The maximum absolute atomic E-state index is 13.3. The molecule has 0 spiro atoms. The molecule has 0 aliphatic heterocycles. The molecule has 2 aromatic carbocycles. The van der Waals surface area contributed by atoms with Gasteiger partial charge in [0, 0.05) is 12.6 Å². The normalized spacial score (nSPS) is 11.9. The zero-order chi connectivity index (χ0) is 20.7. The average Bonchev–Trinajstić information content (AvgIpc) is 2.64. The maximum Gasteiger partial charge on any atom is 0.243 e. The molecule has 1 atom stereocenters. The van der Waals surface area contributed by atoms with Crippen molar-refractivity contribution < 1.29 is 9.59 Å². The van der Waals surface area contributed by atoms with Gasteiger partial charge in [-0.2, -0.15) is 0 Å². The molecule has 0 aliphatic rings. The van der Waals surface area contributed by atoms with Gasteiger partial charge < -0.3 is 10.2 Å². The Morgan fingerprint density at radius 1 is 1.04 bits per heavy atom. The number of hydrogen-bond donors (Lipinski definition) is 1. The van der Waals surface area contributed by atoms with Crippen LogP contribution < -0.4 is 5.32 Å². The Hall–Kier alpha value is -2.62. The third kappa shape index (κ3) is 5.95. The molecule has 1 N–H and O–H groups in total. The van der Waals surface area contributed by atoms with Crippen LogP contribution in [0.1, 0.15) is 49.4 Å². The fourth-order valence-electron chi connectivity index (χ4n) is 3.34. The number of amides is 2. The molecule has 4 heteroatoms. The van der Waals surface area contributed by atoms with Gasteiger partial charge in [-0.25, -0.2) is 0 Å². The van der Waals surface area contributed by atoms with Crippen LogP contribution in [-0.4, -0.2) is 28.8 Å². The first-order valence-electron chi connectivity index (χ1n) is 10.0. The van der Waals surface area contributed by atoms with Gasteiger partial charge in [0.1, 0.15) is 6.04 Å². The molecule has 0 aromatic heterocycles. The highest BCUT2D eigenvalue weighted by Crippen LogP contribution is 2.17. The lowest BCUT2D eigenvalue weighted by Gasteiger charge is -2.31. The van der Waals surface area contributed by atoms with Gasteiger partial charge in [0.25, 0.3) is 0 Å². The van der Waals surface area contributed by atoms with E-state index in [1.165, 1.54) is 0 Å². The van der Waals surface area contributed by atoms with E-state index in [0.717, 1.165) is 22.3 Å². The van der Waals surface area contributed by atoms with Crippen LogP contribution in [0.2, 0.25) is 0 Å². The Morgan fingerprint density at radius 2 is 1.71 bits per heavy atom. The van der Waals surface area contributed by atoms with Crippen molar-refractivity contribution in [3.05, 3.63) is 70.8 Å². The van der Waals surface area contributed by atoms with Gasteiger partial charge in [-0.1, -0.05) is 61.0 Å². The van der Waals surface area contributed by atoms with Crippen LogP contribution in [0.15, 0.2) is 48.5 Å². The molecule has 0 unspecified atom stereocenters. The quantitative estimate of drug-likeness (QED) is 0.747. The fraction of sp³-hybridized carbons (Fsp3) is 0.417. The molecule has 2 amide bonds. The van der Waals surface area contributed by atoms with E-state index >= 15 is 0 Å². The molecule has 0 saturated carbocycles. The average molecular weight is 381 g/mol. The number of aryl methyl sites for hydroxylation is 2. The van der Waals surface area contributed by atoms with Gasteiger partial charge in [0.2, 0.25) is 11.8 Å². The Bertz CT molecular complexity index is 800. The zero-order valence-corrected chi connectivity index (χ0v) is 17.7. The topological polar surface area (TPSA) is 49.4 Å². The predicted octanol–water partition coefficient (Wildman–Crippen LogP) is 4.18. The van der Waals surface area contributed by atoms with Crippen LogP contribution in [0.4, 0.5) is 0 Å². The number of carbonyl (C=O) groups excluding carboxylic acids is 2. The molecule has 0 bridgehead atoms. The first-order chi connectivity index (χ1) is 13.3. The summed E-state index contributed by atoms with van der Waals surface area (Å²) in [5, 5.41) is 2.97. The molecular formula is C24H32N2O2. The monoisotopic (exact) mass is 380 g/mol. The Balaban J connectivity index is 2.31. The summed E-state index contributed by atoms with van der Waals surface area (Å²) in [4.78, 5) is 27.8. The highest BCUT2D eigenvalue weighted by molar-refractivity contribution is 5.88. The summed E-state index contributed by atoms with van der Waals surface area (Å²) in [7, 11) is 0. The number of benzene rings is 2. The van der Waals surface area contributed by atoms with E-state index in [9.17, 15) is 9.59 Å². The molecule has 0 saturated heterocycles. The van der Waals surface area contributed by atoms with E-state index in [1.807, 2.05) is 71.0 Å². The first-order valence-corrected chi connectivity index (χ1v) is 10.0. The van der Waals surface area contributed by atoms with Crippen molar-refractivity contribution in [2.75, 3.05) is 0 Å². The third-order valence-electron chi connectivity index (χ3n) is 4.86. The predicted molar refractivity (Wildman–Crippen MR) is 114 cm³/mol. The first kappa shape index (κ1) is 21.7. The lowest BCUT2D eigenvalue weighted by Crippen LogP contribution is -2.50. The maximum atomic E-state index is 13.3. The Kier molecular flexibility index (Phi) is 7.80. The number of carbonyl (C=O) groups is 2. The van der Waals surface area contributed by atoms with Crippen molar-refractivity contribution in [1.29, 1.82) is 0 Å². The summed E-state index contributed by atoms with van der Waals surface area (Å²) in [5.74, 6) is -0.119. The summed E-state index contributed by atoms with van der Waals surface area (Å²) in [6.07, 6.45) is 0.871. The molecule has 2 rings (SSSR count). The van der Waals surface area contributed by atoms with Gasteiger partial charge >= 0.3 is 0 Å². The minimum Gasteiger partial charge on any atom is -0.352 e. The van der Waals surface area contributed by atoms with Crippen LogP contribution >= 0.6 is 0 Å². The van der Waals surface area contributed by atoms with E-state index < -0.39 is 6.04 Å². The van der Waals surface area contributed by atoms with Crippen molar-refractivity contribution in [2.45, 2.75) is 66.1 Å². The molecule has 2 aromatic rings. The summed E-state index contributed by atoms with van der Waals surface area (Å²) in [6, 6.07) is 15.6. The van der Waals surface area contributed by atoms with Crippen LogP contribution in [0.5, 0.6) is 0 Å². The van der Waals surface area contributed by atoms with E-state index in [4.69, 9.17) is 0 Å². The van der Waals surface area contributed by atoms with E-state index in [0.29, 0.717) is 19.4 Å². The van der Waals surface area contributed by atoms with Crippen molar-refractivity contribution in [1.82, 2.24) is 10.2 Å². The minimum atomic E-state index is -0.486. The lowest BCUT2D eigenvalue weighted by molar-refractivity contribution is -0.141. The summed E-state index contributed by atoms with van der Waals surface area (Å²) in [6.45, 7) is 10.3. The van der Waals surface area contributed by atoms with E-state index in [-0.39, 0.29) is 17.9 Å². The summed E-state index contributed by atoms with van der Waals surface area (Å²) < 4.78 is 0. The van der Waals surface area contributed by atoms with Crippen molar-refractivity contribution >= 4 is 11.8 Å². The molecule has 0 radical (unpaired) electrons. The van der Waals surface area contributed by atoms with Gasteiger partial charge in [-0.05, 0) is 50.8 Å². The molecule has 0 heterocycles. The third-order valence-corrected chi connectivity index (χ3v) is 4.86. The van der Waals surface area contributed by atoms with Gasteiger partial charge in [0.05, 0.1) is 6.42 Å². The van der Waals surface area contributed by atoms with Gasteiger partial charge in [-0.3, -0.25) is 9.59 Å². The van der Waals surface area contributed by atoms with Crippen LogP contribution in [0.25, 0.3) is 0 Å². The second-order valence-electron chi connectivity index (χ2n) is 7.70. The van der Waals surface area contributed by atoms with Crippen LogP contribution in [0, 0.1) is 13.8 Å². The van der Waals surface area contributed by atoms with Crippen LogP contribution in [0.3, 0.4) is 0 Å². The second kappa shape index (κ2) is 10.1. The number of nitrogens with zero attached hydrogens (tertiary/aromatic N) is 1. The number of nitrogens with one attached hydrogen (secondary N) is 1. The van der Waals surface area contributed by atoms with Crippen molar-refractivity contribution in [3.63, 3.8) is 0 Å². The smallest absolute Gasteiger partial charge is 0.243 e. The van der Waals surface area contributed by atoms with Gasteiger partial charge in [0.15, 0.2) is 0 Å². The van der Waals surface area contributed by atoms with Gasteiger partial charge in [-0.15, -0.1) is 0 Å². The Morgan fingerprint density at radius 3 is 2.32 bits per heavy atom. The summed E-state index contributed by atoms with van der Waals surface area (Å²) >= 11 is 0. The largest absolute Gasteiger partial charge is 0.352 e. The number of hydrogen-bond acceptors (Lipinski definition) is 2. The SMILES string of the molecule is CC[C@@H](C(=O)NC(C)C)N(Cc1ccccc1)C(=O)Cc1cc(C)ccc1C. The van der Waals surface area contributed by atoms with Crippen molar-refractivity contribution in [3.8, 4) is 0 Å². The minimum absolute atomic E-state index is 0.0247. The lowest BCUT2D eigenvalue weighted by atomic mass is 10.0. The second-order valence-corrected chi connectivity index (χ2v) is 7.70. The zero-order valence-electron chi connectivity index (χ0n) is 17.7. The van der Waals surface area contributed by atoms with E-state index in [2.05, 4.69) is 17.4 Å². The van der Waals surface area contributed by atoms with Crippen molar-refractivity contribution in [2.24, 2.45) is 0 Å². The molecule has 150 valence electrons.